The van der Waals surface area contributed by atoms with Crippen molar-refractivity contribution in [1.29, 1.82) is 0 Å². The highest BCUT2D eigenvalue weighted by Gasteiger charge is 2.14. The third-order valence-corrected chi connectivity index (χ3v) is 3.33. The maximum absolute atomic E-state index is 13.2. The lowest BCUT2D eigenvalue weighted by Crippen LogP contribution is -2.06. The number of nitrogens with zero attached hydrogens (tertiary/aromatic N) is 1. The number of nitrogens with two attached hydrogens (primary N) is 1. The smallest absolute Gasteiger partial charge is 0.166 e. The van der Waals surface area contributed by atoms with E-state index in [2.05, 4.69) is 20.9 Å². The van der Waals surface area contributed by atoms with E-state index in [1.54, 1.807) is 19.2 Å². The first-order chi connectivity index (χ1) is 8.97. The van der Waals surface area contributed by atoms with Crippen LogP contribution in [0.5, 0.6) is 5.75 Å². The molecular weight excluding hydrogens is 335 g/mol. The highest BCUT2D eigenvalue weighted by Crippen LogP contribution is 2.31. The Morgan fingerprint density at radius 2 is 2.16 bits per heavy atom. The zero-order valence-electron chi connectivity index (χ0n) is 10.0. The van der Waals surface area contributed by atoms with Gasteiger partial charge in [0.2, 0.25) is 0 Å². The molecule has 0 aliphatic heterocycles. The molecule has 0 unspecified atom stereocenters. The molecule has 1 aromatic heterocycles. The topological polar surface area (TPSA) is 48.1 Å². The Hall–Kier alpha value is -1.33. The van der Waals surface area contributed by atoms with Crippen molar-refractivity contribution in [2.45, 2.75) is 13.0 Å². The number of aromatic nitrogens is 1. The first kappa shape index (κ1) is 14.1. The van der Waals surface area contributed by atoms with E-state index in [1.807, 2.05) is 0 Å². The molecule has 0 radical (unpaired) electrons. The Morgan fingerprint density at radius 3 is 2.89 bits per heavy atom. The summed E-state index contributed by atoms with van der Waals surface area (Å²) in [7, 11) is 0. The summed E-state index contributed by atoms with van der Waals surface area (Å²) in [6, 6.07) is 5.84. The zero-order valence-corrected chi connectivity index (χ0v) is 12.4. The van der Waals surface area contributed by atoms with Gasteiger partial charge in [-0.15, -0.1) is 0 Å². The van der Waals surface area contributed by atoms with Crippen LogP contribution < -0.4 is 10.5 Å². The van der Waals surface area contributed by atoms with Crippen LogP contribution in [0.2, 0.25) is 5.02 Å². The van der Waals surface area contributed by atoms with Crippen molar-refractivity contribution < 1.29 is 9.13 Å². The van der Waals surface area contributed by atoms with E-state index >= 15 is 0 Å². The Kier molecular flexibility index (Phi) is 4.27. The highest BCUT2D eigenvalue weighted by atomic mass is 79.9. The summed E-state index contributed by atoms with van der Waals surface area (Å²) in [4.78, 5) is 3.96. The summed E-state index contributed by atoms with van der Waals surface area (Å²) < 4.78 is 19.7. The van der Waals surface area contributed by atoms with Crippen LogP contribution >= 0.6 is 27.5 Å². The molecule has 0 fully saturated rings. The van der Waals surface area contributed by atoms with Gasteiger partial charge in [0.1, 0.15) is 11.9 Å². The molecule has 100 valence electrons. The number of ether oxygens (including phenoxy) is 1. The van der Waals surface area contributed by atoms with Gasteiger partial charge in [0.05, 0.1) is 0 Å². The number of benzene rings is 1. The molecule has 0 bridgehead atoms. The van der Waals surface area contributed by atoms with E-state index in [0.29, 0.717) is 16.3 Å². The first-order valence-electron chi connectivity index (χ1n) is 5.50. The van der Waals surface area contributed by atoms with Crippen molar-refractivity contribution in [1.82, 2.24) is 4.98 Å². The molecule has 2 aromatic rings. The maximum atomic E-state index is 13.2. The van der Waals surface area contributed by atoms with Crippen LogP contribution in [0.1, 0.15) is 18.6 Å². The maximum Gasteiger partial charge on any atom is 0.166 e. The largest absolute Gasteiger partial charge is 0.482 e. The van der Waals surface area contributed by atoms with Crippen molar-refractivity contribution in [2.75, 3.05) is 5.73 Å². The minimum absolute atomic E-state index is 0.266. The zero-order chi connectivity index (χ0) is 14.0. The molecule has 19 heavy (non-hydrogen) atoms. The predicted octanol–water partition coefficient (Wildman–Crippen LogP) is 4.36. The standard InChI is InChI=1S/C13H11BrClFN2O/c1-7(10-5-9(16)2-3-11(10)15)19-12-4-8(14)6-18-13(12)17/h2-7H,1H3,(H2,17,18)/t7-/m0/s1. The van der Waals surface area contributed by atoms with Crippen molar-refractivity contribution in [3.63, 3.8) is 0 Å². The average Bonchev–Trinajstić information content (AvgIpc) is 2.36. The van der Waals surface area contributed by atoms with E-state index < -0.39 is 6.10 Å². The second kappa shape index (κ2) is 5.75. The summed E-state index contributed by atoms with van der Waals surface area (Å²) in [5, 5.41) is 0.440. The van der Waals surface area contributed by atoms with Gasteiger partial charge in [-0.05, 0) is 47.1 Å². The van der Waals surface area contributed by atoms with Crippen molar-refractivity contribution in [2.24, 2.45) is 0 Å². The normalized spacial score (nSPS) is 12.2. The number of halogens is 3. The van der Waals surface area contributed by atoms with Crippen LogP contribution in [0, 0.1) is 5.82 Å². The summed E-state index contributed by atoms with van der Waals surface area (Å²) >= 11 is 9.31. The lowest BCUT2D eigenvalue weighted by atomic mass is 10.1. The summed E-state index contributed by atoms with van der Waals surface area (Å²) in [6.45, 7) is 1.76. The lowest BCUT2D eigenvalue weighted by Gasteiger charge is -2.17. The molecule has 0 aliphatic carbocycles. The van der Waals surface area contributed by atoms with Crippen molar-refractivity contribution >= 4 is 33.3 Å². The average molecular weight is 346 g/mol. The highest BCUT2D eigenvalue weighted by molar-refractivity contribution is 9.10. The Bertz CT molecular complexity index is 609. The molecular formula is C13H11BrClFN2O. The molecule has 0 spiro atoms. The second-order valence-electron chi connectivity index (χ2n) is 3.96. The molecule has 0 amide bonds. The van der Waals surface area contributed by atoms with Crippen LogP contribution in [0.3, 0.4) is 0 Å². The van der Waals surface area contributed by atoms with Crippen molar-refractivity contribution in [3.05, 3.63) is 51.3 Å². The lowest BCUT2D eigenvalue weighted by molar-refractivity contribution is 0.227. The Morgan fingerprint density at radius 1 is 1.42 bits per heavy atom. The van der Waals surface area contributed by atoms with Gasteiger partial charge < -0.3 is 10.5 Å². The van der Waals surface area contributed by atoms with Crippen molar-refractivity contribution in [3.8, 4) is 5.75 Å². The van der Waals surface area contributed by atoms with Crippen LogP contribution in [-0.2, 0) is 0 Å². The third-order valence-electron chi connectivity index (χ3n) is 2.55. The van der Waals surface area contributed by atoms with Gasteiger partial charge >= 0.3 is 0 Å². The van der Waals surface area contributed by atoms with E-state index in [1.165, 1.54) is 18.2 Å². The number of rotatable bonds is 3. The molecule has 0 saturated carbocycles. The molecule has 1 aromatic carbocycles. The van der Waals surface area contributed by atoms with E-state index in [4.69, 9.17) is 22.1 Å². The number of nitrogen functional groups attached to an aromatic ring is 1. The molecule has 1 heterocycles. The first-order valence-corrected chi connectivity index (χ1v) is 6.67. The molecule has 0 aliphatic rings. The van der Waals surface area contributed by atoms with Gasteiger partial charge in [-0.2, -0.15) is 0 Å². The van der Waals surface area contributed by atoms with Gasteiger partial charge in [0, 0.05) is 21.3 Å². The fraction of sp³-hybridized carbons (Fsp3) is 0.154. The Balaban J connectivity index is 2.27. The van der Waals surface area contributed by atoms with E-state index in [0.717, 1.165) is 4.47 Å². The third kappa shape index (κ3) is 3.36. The van der Waals surface area contributed by atoms with Crippen LogP contribution in [0.15, 0.2) is 34.9 Å². The van der Waals surface area contributed by atoms with Crippen LogP contribution in [0.4, 0.5) is 10.2 Å². The van der Waals surface area contributed by atoms with Crippen LogP contribution in [0.25, 0.3) is 0 Å². The molecule has 1 atom stereocenters. The van der Waals surface area contributed by atoms with Gasteiger partial charge in [-0.25, -0.2) is 9.37 Å². The van der Waals surface area contributed by atoms with E-state index in [-0.39, 0.29) is 11.6 Å². The second-order valence-corrected chi connectivity index (χ2v) is 5.29. The number of hydrogen-bond donors (Lipinski definition) is 1. The van der Waals surface area contributed by atoms with Gasteiger partial charge in [-0.1, -0.05) is 11.6 Å². The fourth-order valence-corrected chi connectivity index (χ4v) is 2.19. The number of pyridine rings is 1. The molecule has 3 nitrogen and oxygen atoms in total. The quantitative estimate of drug-likeness (QED) is 0.899. The molecule has 2 rings (SSSR count). The predicted molar refractivity (Wildman–Crippen MR) is 76.8 cm³/mol. The fourth-order valence-electron chi connectivity index (χ4n) is 1.61. The monoisotopic (exact) mass is 344 g/mol. The number of hydrogen-bond acceptors (Lipinski definition) is 3. The summed E-state index contributed by atoms with van der Waals surface area (Å²) in [5.74, 6) is 0.319. The minimum Gasteiger partial charge on any atom is -0.482 e. The Labute approximate surface area is 123 Å². The van der Waals surface area contributed by atoms with Crippen LogP contribution in [-0.4, -0.2) is 4.98 Å². The SMILES string of the molecule is C[C@H](Oc1cc(Br)cnc1N)c1cc(F)ccc1Cl. The molecule has 0 saturated heterocycles. The summed E-state index contributed by atoms with van der Waals surface area (Å²) in [5.41, 5.74) is 6.28. The van der Waals surface area contributed by atoms with Gasteiger partial charge in [0.15, 0.2) is 11.6 Å². The summed E-state index contributed by atoms with van der Waals surface area (Å²) in [6.07, 6.45) is 1.13. The number of anilines is 1. The minimum atomic E-state index is -0.443. The van der Waals surface area contributed by atoms with Gasteiger partial charge in [-0.3, -0.25) is 0 Å². The molecule has 6 heteroatoms. The van der Waals surface area contributed by atoms with Gasteiger partial charge in [0.25, 0.3) is 0 Å². The van der Waals surface area contributed by atoms with E-state index in [9.17, 15) is 4.39 Å². The molecule has 2 N–H and O–H groups in total.